The monoisotopic (exact) mass is 284 g/mol. The van der Waals surface area contributed by atoms with Crippen molar-refractivity contribution in [3.63, 3.8) is 0 Å². The highest BCUT2D eigenvalue weighted by Crippen LogP contribution is 2.31. The average molecular weight is 284 g/mol. The van der Waals surface area contributed by atoms with E-state index in [1.54, 1.807) is 23.7 Å². The Balaban J connectivity index is 1.70. The molecule has 0 amide bonds. The van der Waals surface area contributed by atoms with Gasteiger partial charge in [0.2, 0.25) is 11.7 Å². The van der Waals surface area contributed by atoms with Crippen molar-refractivity contribution in [2.24, 2.45) is 0 Å². The largest absolute Gasteiger partial charge is 0.337 e. The average Bonchev–Trinajstić information content (AvgIpc) is 3.17. The van der Waals surface area contributed by atoms with E-state index in [2.05, 4.69) is 31.9 Å². The summed E-state index contributed by atoms with van der Waals surface area (Å²) in [6.45, 7) is 0.936. The molecule has 0 saturated carbocycles. The molecule has 0 saturated heterocycles. The highest BCUT2D eigenvalue weighted by atomic mass is 32.1. The van der Waals surface area contributed by atoms with Crippen molar-refractivity contribution >= 4 is 11.3 Å². The summed E-state index contributed by atoms with van der Waals surface area (Å²) < 4.78 is 5.45. The lowest BCUT2D eigenvalue weighted by atomic mass is 10.0. The van der Waals surface area contributed by atoms with Crippen molar-refractivity contribution in [1.82, 2.24) is 20.4 Å². The van der Waals surface area contributed by atoms with Gasteiger partial charge in [-0.2, -0.15) is 4.98 Å². The minimum Gasteiger partial charge on any atom is -0.337 e. The van der Waals surface area contributed by atoms with Crippen molar-refractivity contribution in [3.8, 4) is 11.4 Å². The van der Waals surface area contributed by atoms with E-state index in [1.807, 2.05) is 12.1 Å². The molecule has 0 bridgehead atoms. The maximum atomic E-state index is 5.45. The minimum absolute atomic E-state index is 0.00749. The zero-order valence-electron chi connectivity index (χ0n) is 10.6. The van der Waals surface area contributed by atoms with E-state index in [4.69, 9.17) is 4.52 Å². The molecule has 100 valence electrons. The number of aromatic nitrogens is 3. The van der Waals surface area contributed by atoms with Crippen LogP contribution in [0.2, 0.25) is 0 Å². The van der Waals surface area contributed by atoms with Crippen LogP contribution in [0.3, 0.4) is 0 Å². The van der Waals surface area contributed by atoms with E-state index < -0.39 is 0 Å². The summed E-state index contributed by atoms with van der Waals surface area (Å²) in [6.07, 6.45) is 4.51. The molecule has 0 aliphatic carbocycles. The highest BCUT2D eigenvalue weighted by Gasteiger charge is 2.27. The summed E-state index contributed by atoms with van der Waals surface area (Å²) in [5.74, 6) is 1.22. The fourth-order valence-corrected chi connectivity index (χ4v) is 3.36. The zero-order chi connectivity index (χ0) is 13.4. The topological polar surface area (TPSA) is 63.8 Å². The number of pyridine rings is 1. The van der Waals surface area contributed by atoms with Crippen LogP contribution in [-0.4, -0.2) is 21.7 Å². The molecule has 4 heterocycles. The smallest absolute Gasteiger partial charge is 0.248 e. The first-order valence-corrected chi connectivity index (χ1v) is 7.33. The van der Waals surface area contributed by atoms with E-state index in [0.717, 1.165) is 18.5 Å². The number of nitrogens with zero attached hydrogens (tertiary/aromatic N) is 3. The number of rotatable bonds is 2. The molecule has 0 radical (unpaired) electrons. The van der Waals surface area contributed by atoms with E-state index in [-0.39, 0.29) is 6.04 Å². The van der Waals surface area contributed by atoms with Crippen LogP contribution in [0.25, 0.3) is 11.4 Å². The molecule has 4 rings (SSSR count). The molecular formula is C14H12N4OS. The summed E-state index contributed by atoms with van der Waals surface area (Å²) in [5.41, 5.74) is 2.17. The third kappa shape index (κ3) is 1.93. The Morgan fingerprint density at radius 3 is 3.05 bits per heavy atom. The van der Waals surface area contributed by atoms with Gasteiger partial charge in [0.05, 0.1) is 0 Å². The first-order chi connectivity index (χ1) is 9.92. The number of nitrogens with one attached hydrogen (secondary N) is 1. The van der Waals surface area contributed by atoms with E-state index >= 15 is 0 Å². The van der Waals surface area contributed by atoms with E-state index in [0.29, 0.717) is 11.7 Å². The lowest BCUT2D eigenvalue weighted by Crippen LogP contribution is -2.29. The summed E-state index contributed by atoms with van der Waals surface area (Å²) in [7, 11) is 0. The fraction of sp³-hybridized carbons (Fsp3) is 0.214. The summed E-state index contributed by atoms with van der Waals surface area (Å²) in [6, 6.07) is 5.89. The van der Waals surface area contributed by atoms with Crippen LogP contribution in [-0.2, 0) is 6.42 Å². The third-order valence-electron chi connectivity index (χ3n) is 3.42. The second kappa shape index (κ2) is 4.81. The van der Waals surface area contributed by atoms with Crippen molar-refractivity contribution in [2.45, 2.75) is 12.5 Å². The molecule has 3 aromatic rings. The van der Waals surface area contributed by atoms with Crippen molar-refractivity contribution in [2.75, 3.05) is 6.54 Å². The lowest BCUT2D eigenvalue weighted by molar-refractivity contribution is 0.344. The number of thiophene rings is 1. The molecule has 20 heavy (non-hydrogen) atoms. The van der Waals surface area contributed by atoms with Gasteiger partial charge < -0.3 is 9.84 Å². The third-order valence-corrected chi connectivity index (χ3v) is 4.42. The van der Waals surface area contributed by atoms with Gasteiger partial charge in [0.25, 0.3) is 0 Å². The van der Waals surface area contributed by atoms with Crippen LogP contribution in [0, 0.1) is 0 Å². The van der Waals surface area contributed by atoms with Gasteiger partial charge in [-0.05, 0) is 35.6 Å². The van der Waals surface area contributed by atoms with Crippen LogP contribution in [0.4, 0.5) is 0 Å². The first-order valence-electron chi connectivity index (χ1n) is 6.45. The van der Waals surface area contributed by atoms with Gasteiger partial charge in [-0.1, -0.05) is 5.16 Å². The maximum absolute atomic E-state index is 5.45. The van der Waals surface area contributed by atoms with Crippen molar-refractivity contribution in [1.29, 1.82) is 0 Å². The zero-order valence-corrected chi connectivity index (χ0v) is 11.4. The molecule has 0 fully saturated rings. The Morgan fingerprint density at radius 1 is 1.25 bits per heavy atom. The lowest BCUT2D eigenvalue weighted by Gasteiger charge is -2.20. The SMILES string of the molecule is c1cc(-c2noc(C3NCCc4sccc43)n2)ccn1. The summed E-state index contributed by atoms with van der Waals surface area (Å²) in [5, 5.41) is 9.62. The van der Waals surface area contributed by atoms with Crippen LogP contribution in [0.1, 0.15) is 22.4 Å². The van der Waals surface area contributed by atoms with Gasteiger partial charge in [-0.3, -0.25) is 4.98 Å². The Hall–Kier alpha value is -2.05. The minimum atomic E-state index is 0.00749. The molecule has 6 heteroatoms. The van der Waals surface area contributed by atoms with Gasteiger partial charge in [-0.25, -0.2) is 0 Å². The number of fused-ring (bicyclic) bond motifs is 1. The molecule has 0 spiro atoms. The first kappa shape index (κ1) is 11.7. The van der Waals surface area contributed by atoms with Crippen LogP contribution >= 0.6 is 11.3 Å². The van der Waals surface area contributed by atoms with Crippen molar-refractivity contribution in [3.05, 3.63) is 52.3 Å². The second-order valence-corrected chi connectivity index (χ2v) is 5.63. The molecular weight excluding hydrogens is 272 g/mol. The predicted molar refractivity (Wildman–Crippen MR) is 75.4 cm³/mol. The van der Waals surface area contributed by atoms with Gasteiger partial charge in [0, 0.05) is 29.4 Å². The Bertz CT molecular complexity index is 722. The molecule has 3 aromatic heterocycles. The Morgan fingerprint density at radius 2 is 2.15 bits per heavy atom. The Labute approximate surface area is 119 Å². The van der Waals surface area contributed by atoms with Gasteiger partial charge in [-0.15, -0.1) is 11.3 Å². The van der Waals surface area contributed by atoms with Gasteiger partial charge in [0.1, 0.15) is 6.04 Å². The van der Waals surface area contributed by atoms with Crippen LogP contribution < -0.4 is 5.32 Å². The molecule has 1 atom stereocenters. The molecule has 1 unspecified atom stereocenters. The summed E-state index contributed by atoms with van der Waals surface area (Å²) >= 11 is 1.79. The predicted octanol–water partition coefficient (Wildman–Crippen LogP) is 2.43. The number of hydrogen-bond donors (Lipinski definition) is 1. The molecule has 0 aromatic carbocycles. The quantitative estimate of drug-likeness (QED) is 0.783. The molecule has 1 N–H and O–H groups in total. The van der Waals surface area contributed by atoms with E-state index in [1.165, 1.54) is 10.4 Å². The molecule has 1 aliphatic rings. The van der Waals surface area contributed by atoms with Gasteiger partial charge in [0.15, 0.2) is 0 Å². The Kier molecular flexibility index (Phi) is 2.82. The molecule has 5 nitrogen and oxygen atoms in total. The highest BCUT2D eigenvalue weighted by molar-refractivity contribution is 7.10. The normalized spacial score (nSPS) is 17.9. The van der Waals surface area contributed by atoms with Crippen molar-refractivity contribution < 1.29 is 4.52 Å². The van der Waals surface area contributed by atoms with Gasteiger partial charge >= 0.3 is 0 Å². The van der Waals surface area contributed by atoms with Crippen LogP contribution in [0.15, 0.2) is 40.5 Å². The second-order valence-electron chi connectivity index (χ2n) is 4.63. The standard InChI is InChI=1S/C14H12N4OS/c1-5-15-6-2-9(1)13-17-14(19-18-13)12-10-4-8-20-11(10)3-7-16-12/h1-2,4-6,8,12,16H,3,7H2. The molecule has 1 aliphatic heterocycles. The maximum Gasteiger partial charge on any atom is 0.248 e. The van der Waals surface area contributed by atoms with E-state index in [9.17, 15) is 0 Å². The number of hydrogen-bond acceptors (Lipinski definition) is 6. The van der Waals surface area contributed by atoms with Crippen LogP contribution in [0.5, 0.6) is 0 Å². The fourth-order valence-electron chi connectivity index (χ4n) is 2.44. The summed E-state index contributed by atoms with van der Waals surface area (Å²) in [4.78, 5) is 9.91.